The van der Waals surface area contributed by atoms with Gasteiger partial charge in [-0.2, -0.15) is 0 Å². The second kappa shape index (κ2) is 7.50. The van der Waals surface area contributed by atoms with Gasteiger partial charge in [-0.1, -0.05) is 22.0 Å². The number of carbonyl (C=O) groups excluding carboxylic acids is 2. The Morgan fingerprint density at radius 3 is 2.52 bits per heavy atom. The summed E-state index contributed by atoms with van der Waals surface area (Å²) in [5.74, 6) is -1.22. The highest BCUT2D eigenvalue weighted by atomic mass is 79.9. The van der Waals surface area contributed by atoms with E-state index in [0.717, 1.165) is 4.47 Å². The van der Waals surface area contributed by atoms with Crippen LogP contribution in [0.25, 0.3) is 0 Å². The van der Waals surface area contributed by atoms with E-state index >= 15 is 0 Å². The first kappa shape index (κ1) is 16.6. The molecular weight excluding hydrogens is 368 g/mol. The van der Waals surface area contributed by atoms with E-state index in [4.69, 9.17) is 4.74 Å². The quantitative estimate of drug-likeness (QED) is 0.489. The van der Waals surface area contributed by atoms with Gasteiger partial charge in [0, 0.05) is 22.3 Å². The number of nitrogens with zero attached hydrogens (tertiary/aromatic N) is 1. The van der Waals surface area contributed by atoms with Crippen LogP contribution in [0.15, 0.2) is 53.0 Å². The van der Waals surface area contributed by atoms with Crippen molar-refractivity contribution in [2.24, 2.45) is 0 Å². The lowest BCUT2D eigenvalue weighted by atomic mass is 10.2. The molecule has 23 heavy (non-hydrogen) atoms. The Morgan fingerprint density at radius 2 is 1.87 bits per heavy atom. The average Bonchev–Trinajstić information content (AvgIpc) is 2.53. The summed E-state index contributed by atoms with van der Waals surface area (Å²) in [6, 6.07) is 12.0. The van der Waals surface area contributed by atoms with Crippen LogP contribution in [0.1, 0.15) is 10.4 Å². The molecule has 8 heteroatoms. The molecular formula is C15H11BrN2O5. The Bertz CT molecular complexity index is 746. The van der Waals surface area contributed by atoms with Gasteiger partial charge in [0.05, 0.1) is 10.5 Å². The predicted molar refractivity (Wildman–Crippen MR) is 86.2 cm³/mol. The molecule has 0 saturated carbocycles. The van der Waals surface area contributed by atoms with E-state index in [1.807, 2.05) is 0 Å². The van der Waals surface area contributed by atoms with E-state index < -0.39 is 23.4 Å². The maximum Gasteiger partial charge on any atom is 0.338 e. The van der Waals surface area contributed by atoms with E-state index in [1.165, 1.54) is 24.3 Å². The molecule has 0 aliphatic rings. The van der Waals surface area contributed by atoms with Crippen molar-refractivity contribution in [3.05, 3.63) is 68.7 Å². The summed E-state index contributed by atoms with van der Waals surface area (Å²) in [6.45, 7) is -0.489. The number of nitrogens with one attached hydrogen (secondary N) is 1. The molecule has 0 aliphatic carbocycles. The molecule has 0 spiro atoms. The Labute approximate surface area is 139 Å². The van der Waals surface area contributed by atoms with Gasteiger partial charge in [-0.3, -0.25) is 14.9 Å². The fourth-order valence-electron chi connectivity index (χ4n) is 1.69. The molecule has 0 fully saturated rings. The van der Waals surface area contributed by atoms with Gasteiger partial charge < -0.3 is 10.1 Å². The van der Waals surface area contributed by atoms with Gasteiger partial charge >= 0.3 is 5.97 Å². The second-order valence-corrected chi connectivity index (χ2v) is 5.35. The molecule has 0 radical (unpaired) electrons. The van der Waals surface area contributed by atoms with Crippen LogP contribution in [-0.4, -0.2) is 23.4 Å². The molecule has 1 N–H and O–H groups in total. The average molecular weight is 379 g/mol. The lowest BCUT2D eigenvalue weighted by Crippen LogP contribution is -2.20. The largest absolute Gasteiger partial charge is 0.452 e. The number of hydrogen-bond acceptors (Lipinski definition) is 5. The first-order valence-electron chi connectivity index (χ1n) is 6.43. The van der Waals surface area contributed by atoms with Crippen molar-refractivity contribution < 1.29 is 19.2 Å². The molecule has 0 unspecified atom stereocenters. The molecule has 0 heterocycles. The van der Waals surface area contributed by atoms with Gasteiger partial charge in [0.1, 0.15) is 0 Å². The Hall–Kier alpha value is -2.74. The monoisotopic (exact) mass is 378 g/mol. The summed E-state index contributed by atoms with van der Waals surface area (Å²) in [4.78, 5) is 33.6. The minimum atomic E-state index is -0.633. The maximum absolute atomic E-state index is 11.7. The van der Waals surface area contributed by atoms with E-state index in [9.17, 15) is 19.7 Å². The van der Waals surface area contributed by atoms with Gasteiger partial charge in [-0.15, -0.1) is 0 Å². The van der Waals surface area contributed by atoms with Crippen molar-refractivity contribution in [1.29, 1.82) is 0 Å². The first-order chi connectivity index (χ1) is 11.0. The van der Waals surface area contributed by atoms with Gasteiger partial charge in [0.15, 0.2) is 6.61 Å². The number of nitro groups is 1. The number of esters is 1. The summed E-state index contributed by atoms with van der Waals surface area (Å²) in [5.41, 5.74) is 0.426. The van der Waals surface area contributed by atoms with E-state index in [-0.39, 0.29) is 11.4 Å². The fraction of sp³-hybridized carbons (Fsp3) is 0.0667. The normalized spacial score (nSPS) is 9.96. The van der Waals surface area contributed by atoms with Crippen LogP contribution in [-0.2, 0) is 9.53 Å². The SMILES string of the molecule is O=C(COC(=O)c1ccc(Br)cc1)Nc1cccc([N+](=O)[O-])c1. The minimum Gasteiger partial charge on any atom is -0.452 e. The van der Waals surface area contributed by atoms with Gasteiger partial charge in [0.25, 0.3) is 11.6 Å². The number of rotatable bonds is 5. The van der Waals surface area contributed by atoms with Crippen LogP contribution in [0, 0.1) is 10.1 Å². The number of hydrogen-bond donors (Lipinski definition) is 1. The standard InChI is InChI=1S/C15H11BrN2O5/c16-11-6-4-10(5-7-11)15(20)23-9-14(19)17-12-2-1-3-13(8-12)18(21)22/h1-8H,9H2,(H,17,19). The number of amides is 1. The third-order valence-corrected chi connectivity index (χ3v) is 3.28. The zero-order valence-corrected chi connectivity index (χ0v) is 13.3. The van der Waals surface area contributed by atoms with Crippen LogP contribution in [0.2, 0.25) is 0 Å². The van der Waals surface area contributed by atoms with Gasteiger partial charge in [-0.25, -0.2) is 4.79 Å². The van der Waals surface area contributed by atoms with Crippen LogP contribution in [0.4, 0.5) is 11.4 Å². The number of ether oxygens (including phenoxy) is 1. The van der Waals surface area contributed by atoms with Crippen LogP contribution in [0.3, 0.4) is 0 Å². The first-order valence-corrected chi connectivity index (χ1v) is 7.22. The van der Waals surface area contributed by atoms with E-state index in [1.54, 1.807) is 24.3 Å². The highest BCUT2D eigenvalue weighted by Gasteiger charge is 2.12. The van der Waals surface area contributed by atoms with Crippen molar-refractivity contribution in [3.8, 4) is 0 Å². The molecule has 2 aromatic carbocycles. The molecule has 0 atom stereocenters. The van der Waals surface area contributed by atoms with Crippen molar-refractivity contribution in [3.63, 3.8) is 0 Å². The Kier molecular flexibility index (Phi) is 5.42. The third-order valence-electron chi connectivity index (χ3n) is 2.76. The predicted octanol–water partition coefficient (Wildman–Crippen LogP) is 3.15. The maximum atomic E-state index is 11.7. The number of non-ortho nitro benzene ring substituents is 1. The number of benzene rings is 2. The zero-order valence-electron chi connectivity index (χ0n) is 11.7. The highest BCUT2D eigenvalue weighted by Crippen LogP contribution is 2.17. The molecule has 0 bridgehead atoms. The van der Waals surface area contributed by atoms with Crippen LogP contribution in [0.5, 0.6) is 0 Å². The molecule has 2 rings (SSSR count). The zero-order chi connectivity index (χ0) is 16.8. The highest BCUT2D eigenvalue weighted by molar-refractivity contribution is 9.10. The third kappa shape index (κ3) is 4.89. The lowest BCUT2D eigenvalue weighted by Gasteiger charge is -2.06. The molecule has 2 aromatic rings. The summed E-state index contributed by atoms with van der Waals surface area (Å²) >= 11 is 3.25. The van der Waals surface area contributed by atoms with Crippen molar-refractivity contribution >= 4 is 39.2 Å². The van der Waals surface area contributed by atoms with Gasteiger partial charge in [-0.05, 0) is 30.3 Å². The van der Waals surface area contributed by atoms with Crippen molar-refractivity contribution in [2.75, 3.05) is 11.9 Å². The number of halogens is 1. The molecule has 0 aliphatic heterocycles. The number of carbonyl (C=O) groups is 2. The van der Waals surface area contributed by atoms with Crippen molar-refractivity contribution in [1.82, 2.24) is 0 Å². The smallest absolute Gasteiger partial charge is 0.338 e. The summed E-state index contributed by atoms with van der Waals surface area (Å²) < 4.78 is 5.70. The second-order valence-electron chi connectivity index (χ2n) is 4.44. The Morgan fingerprint density at radius 1 is 1.17 bits per heavy atom. The fourth-order valence-corrected chi connectivity index (χ4v) is 1.96. The molecule has 0 saturated heterocycles. The summed E-state index contributed by atoms with van der Waals surface area (Å²) in [5, 5.41) is 13.1. The lowest BCUT2D eigenvalue weighted by molar-refractivity contribution is -0.384. The number of nitro benzene ring substituents is 1. The molecule has 1 amide bonds. The molecule has 0 aromatic heterocycles. The number of anilines is 1. The minimum absolute atomic E-state index is 0.144. The molecule has 118 valence electrons. The van der Waals surface area contributed by atoms with Crippen molar-refractivity contribution in [2.45, 2.75) is 0 Å². The Balaban J connectivity index is 1.90. The van der Waals surface area contributed by atoms with Crippen LogP contribution < -0.4 is 5.32 Å². The van der Waals surface area contributed by atoms with E-state index in [2.05, 4.69) is 21.2 Å². The van der Waals surface area contributed by atoms with Crippen LogP contribution >= 0.6 is 15.9 Å². The summed E-state index contributed by atoms with van der Waals surface area (Å²) in [7, 11) is 0. The summed E-state index contributed by atoms with van der Waals surface area (Å²) in [6.07, 6.45) is 0. The molecule has 7 nitrogen and oxygen atoms in total. The van der Waals surface area contributed by atoms with E-state index in [0.29, 0.717) is 5.56 Å². The van der Waals surface area contributed by atoms with Gasteiger partial charge in [0.2, 0.25) is 0 Å². The topological polar surface area (TPSA) is 98.5 Å².